The Labute approximate surface area is 132 Å². The molecule has 118 valence electrons. The maximum absolute atomic E-state index is 14.2. The van der Waals surface area contributed by atoms with Crippen LogP contribution in [-0.4, -0.2) is 16.3 Å². The zero-order valence-electron chi connectivity index (χ0n) is 12.2. The molecule has 0 aliphatic heterocycles. The van der Waals surface area contributed by atoms with E-state index in [1.54, 1.807) is 12.1 Å². The highest BCUT2D eigenvalue weighted by Gasteiger charge is 2.36. The van der Waals surface area contributed by atoms with E-state index in [2.05, 4.69) is 4.98 Å². The molecule has 1 heterocycles. The SMILES string of the molecule is Oc1ccc(C2CCC(F)C2CCCc2nc(F)cs2)cc1. The van der Waals surface area contributed by atoms with E-state index in [0.29, 0.717) is 12.8 Å². The molecule has 1 aromatic heterocycles. The van der Waals surface area contributed by atoms with Crippen LogP contribution >= 0.6 is 11.3 Å². The molecule has 1 aromatic carbocycles. The molecule has 2 nitrogen and oxygen atoms in total. The first-order valence-electron chi connectivity index (χ1n) is 7.66. The fourth-order valence-corrected chi connectivity index (χ4v) is 4.12. The van der Waals surface area contributed by atoms with E-state index < -0.39 is 12.1 Å². The minimum absolute atomic E-state index is 0.00866. The Balaban J connectivity index is 1.61. The first kappa shape index (κ1) is 15.4. The second-order valence-electron chi connectivity index (χ2n) is 5.91. The van der Waals surface area contributed by atoms with Gasteiger partial charge in [-0.1, -0.05) is 12.1 Å². The summed E-state index contributed by atoms with van der Waals surface area (Å²) < 4.78 is 27.1. The third-order valence-corrected chi connectivity index (χ3v) is 5.39. The zero-order valence-corrected chi connectivity index (χ0v) is 13.0. The predicted octanol–water partition coefficient (Wildman–Crippen LogP) is 4.84. The largest absolute Gasteiger partial charge is 0.508 e. The second-order valence-corrected chi connectivity index (χ2v) is 6.85. The number of aromatic nitrogens is 1. The van der Waals surface area contributed by atoms with E-state index >= 15 is 0 Å². The summed E-state index contributed by atoms with van der Waals surface area (Å²) in [5.74, 6) is 0.0325. The van der Waals surface area contributed by atoms with Crippen molar-refractivity contribution in [3.63, 3.8) is 0 Å². The Hall–Kier alpha value is -1.49. The summed E-state index contributed by atoms with van der Waals surface area (Å²) in [4.78, 5) is 3.81. The van der Waals surface area contributed by atoms with E-state index in [1.165, 1.54) is 16.7 Å². The molecule has 22 heavy (non-hydrogen) atoms. The normalized spacial score (nSPS) is 24.7. The average molecular weight is 323 g/mol. The first-order valence-corrected chi connectivity index (χ1v) is 8.54. The number of rotatable bonds is 5. The molecule has 1 saturated carbocycles. The number of halogens is 2. The number of phenols is 1. The molecule has 0 spiro atoms. The minimum Gasteiger partial charge on any atom is -0.508 e. The quantitative estimate of drug-likeness (QED) is 0.854. The van der Waals surface area contributed by atoms with Crippen LogP contribution in [0.1, 0.15) is 42.2 Å². The average Bonchev–Trinajstić information content (AvgIpc) is 3.07. The van der Waals surface area contributed by atoms with Gasteiger partial charge in [0.15, 0.2) is 0 Å². The van der Waals surface area contributed by atoms with E-state index in [4.69, 9.17) is 0 Å². The molecule has 1 aliphatic rings. The van der Waals surface area contributed by atoms with Crippen molar-refractivity contribution in [1.82, 2.24) is 4.98 Å². The van der Waals surface area contributed by atoms with Gasteiger partial charge in [-0.25, -0.2) is 9.37 Å². The molecular formula is C17H19F2NOS. The van der Waals surface area contributed by atoms with Gasteiger partial charge in [-0.15, -0.1) is 11.3 Å². The lowest BCUT2D eigenvalue weighted by molar-refractivity contribution is 0.237. The Kier molecular flexibility index (Phi) is 4.71. The Morgan fingerprint density at radius 2 is 2.00 bits per heavy atom. The Morgan fingerprint density at radius 1 is 1.23 bits per heavy atom. The van der Waals surface area contributed by atoms with Crippen LogP contribution in [0.4, 0.5) is 8.78 Å². The van der Waals surface area contributed by atoms with E-state index in [-0.39, 0.29) is 17.6 Å². The molecule has 2 aromatic rings. The Morgan fingerprint density at radius 3 is 2.68 bits per heavy atom. The lowest BCUT2D eigenvalue weighted by Crippen LogP contribution is -2.15. The first-order chi connectivity index (χ1) is 10.6. The molecule has 3 unspecified atom stereocenters. The lowest BCUT2D eigenvalue weighted by Gasteiger charge is -2.21. The third kappa shape index (κ3) is 3.46. The number of nitrogens with zero attached hydrogens (tertiary/aromatic N) is 1. The lowest BCUT2D eigenvalue weighted by atomic mass is 9.85. The number of thiazole rings is 1. The standard InChI is InChI=1S/C17H19F2NOS/c18-15-9-8-13(11-4-6-12(21)7-5-11)14(15)2-1-3-17-20-16(19)10-22-17/h4-7,10,13-15,21H,1-3,8-9H2. The number of aryl methyl sites for hydroxylation is 1. The summed E-state index contributed by atoms with van der Waals surface area (Å²) in [5.41, 5.74) is 1.10. The van der Waals surface area contributed by atoms with E-state index in [1.807, 2.05) is 12.1 Å². The fraction of sp³-hybridized carbons (Fsp3) is 0.471. The highest BCUT2D eigenvalue weighted by Crippen LogP contribution is 2.44. The third-order valence-electron chi connectivity index (χ3n) is 4.51. The smallest absolute Gasteiger partial charge is 0.223 e. The number of alkyl halides is 1. The molecule has 0 radical (unpaired) electrons. The van der Waals surface area contributed by atoms with Gasteiger partial charge in [0, 0.05) is 5.38 Å². The van der Waals surface area contributed by atoms with Crippen LogP contribution in [0.25, 0.3) is 0 Å². The van der Waals surface area contributed by atoms with Crippen LogP contribution in [0, 0.1) is 11.9 Å². The van der Waals surface area contributed by atoms with Gasteiger partial charge in [0.2, 0.25) is 5.95 Å². The fourth-order valence-electron chi connectivity index (χ4n) is 3.43. The molecular weight excluding hydrogens is 304 g/mol. The summed E-state index contributed by atoms with van der Waals surface area (Å²) in [6.45, 7) is 0. The molecule has 3 rings (SSSR count). The summed E-state index contributed by atoms with van der Waals surface area (Å²) >= 11 is 1.32. The van der Waals surface area contributed by atoms with Crippen LogP contribution in [0.15, 0.2) is 29.6 Å². The molecule has 0 bridgehead atoms. The summed E-state index contributed by atoms with van der Waals surface area (Å²) in [6.07, 6.45) is 3.00. The highest BCUT2D eigenvalue weighted by molar-refractivity contribution is 7.09. The number of hydrogen-bond donors (Lipinski definition) is 1. The maximum Gasteiger partial charge on any atom is 0.223 e. The second kappa shape index (κ2) is 6.73. The van der Waals surface area contributed by atoms with Crippen LogP contribution in [0.2, 0.25) is 0 Å². The van der Waals surface area contributed by atoms with Crippen molar-refractivity contribution >= 4 is 11.3 Å². The number of aromatic hydroxyl groups is 1. The van der Waals surface area contributed by atoms with Gasteiger partial charge >= 0.3 is 0 Å². The van der Waals surface area contributed by atoms with Crippen molar-refractivity contribution in [2.75, 3.05) is 0 Å². The summed E-state index contributed by atoms with van der Waals surface area (Å²) in [6, 6.07) is 7.11. The minimum atomic E-state index is -0.771. The van der Waals surface area contributed by atoms with E-state index in [0.717, 1.165) is 29.8 Å². The van der Waals surface area contributed by atoms with Crippen molar-refractivity contribution in [3.05, 3.63) is 46.2 Å². The molecule has 1 fully saturated rings. The molecule has 0 amide bonds. The monoisotopic (exact) mass is 323 g/mol. The van der Waals surface area contributed by atoms with Crippen LogP contribution in [-0.2, 0) is 6.42 Å². The predicted molar refractivity (Wildman–Crippen MR) is 83.5 cm³/mol. The number of benzene rings is 1. The molecule has 3 atom stereocenters. The highest BCUT2D eigenvalue weighted by atomic mass is 32.1. The van der Waals surface area contributed by atoms with Gasteiger partial charge in [0.25, 0.3) is 0 Å². The van der Waals surface area contributed by atoms with Gasteiger partial charge in [0.05, 0.1) is 5.01 Å². The molecule has 5 heteroatoms. The van der Waals surface area contributed by atoms with Crippen molar-refractivity contribution in [3.8, 4) is 5.75 Å². The van der Waals surface area contributed by atoms with Gasteiger partial charge < -0.3 is 5.11 Å². The van der Waals surface area contributed by atoms with Crippen LogP contribution in [0.5, 0.6) is 5.75 Å². The number of phenolic OH excluding ortho intramolecular Hbond substituents is 1. The summed E-state index contributed by atoms with van der Waals surface area (Å²) in [5, 5.41) is 11.6. The van der Waals surface area contributed by atoms with Crippen molar-refractivity contribution in [2.45, 2.75) is 44.2 Å². The van der Waals surface area contributed by atoms with Crippen molar-refractivity contribution < 1.29 is 13.9 Å². The zero-order chi connectivity index (χ0) is 15.5. The summed E-state index contributed by atoms with van der Waals surface area (Å²) in [7, 11) is 0. The molecule has 0 saturated heterocycles. The number of hydrogen-bond acceptors (Lipinski definition) is 3. The van der Waals surface area contributed by atoms with E-state index in [9.17, 15) is 13.9 Å². The van der Waals surface area contributed by atoms with Gasteiger partial charge in [-0.05, 0) is 61.6 Å². The van der Waals surface area contributed by atoms with Crippen LogP contribution in [0.3, 0.4) is 0 Å². The van der Waals surface area contributed by atoms with Gasteiger partial charge in [-0.2, -0.15) is 4.39 Å². The molecule has 1 N–H and O–H groups in total. The van der Waals surface area contributed by atoms with Gasteiger partial charge in [0.1, 0.15) is 11.9 Å². The topological polar surface area (TPSA) is 33.1 Å². The van der Waals surface area contributed by atoms with Crippen LogP contribution < -0.4 is 0 Å². The molecule has 1 aliphatic carbocycles. The van der Waals surface area contributed by atoms with Crippen molar-refractivity contribution in [1.29, 1.82) is 0 Å². The maximum atomic E-state index is 14.2. The van der Waals surface area contributed by atoms with Crippen molar-refractivity contribution in [2.24, 2.45) is 5.92 Å². The Bertz CT molecular complexity index is 613. The van der Waals surface area contributed by atoms with Gasteiger partial charge in [-0.3, -0.25) is 0 Å².